The minimum absolute atomic E-state index is 0.0657. The lowest BCUT2D eigenvalue weighted by atomic mass is 10.2. The number of hydrogen-bond donors (Lipinski definition) is 1. The normalized spacial score (nSPS) is 21.2. The zero-order valence-corrected chi connectivity index (χ0v) is 13.3. The molecule has 0 radical (unpaired) electrons. The summed E-state index contributed by atoms with van der Waals surface area (Å²) < 4.78 is 23.9. The minimum atomic E-state index is -3.08. The molecule has 0 aliphatic carbocycles. The van der Waals surface area contributed by atoms with Crippen LogP contribution in [-0.2, 0) is 14.6 Å². The molecule has 1 saturated heterocycles. The fourth-order valence-electron chi connectivity index (χ4n) is 2.60. The molecule has 0 unspecified atom stereocenters. The molecule has 1 aromatic carbocycles. The lowest BCUT2D eigenvalue weighted by Gasteiger charge is -2.16. The Kier molecular flexibility index (Phi) is 3.88. The van der Waals surface area contributed by atoms with E-state index in [1.165, 1.54) is 6.92 Å². The summed E-state index contributed by atoms with van der Waals surface area (Å²) in [6, 6.07) is 5.46. The second-order valence-corrected chi connectivity index (χ2v) is 7.87. The summed E-state index contributed by atoms with van der Waals surface area (Å²) in [5.74, 6) is -0.440. The van der Waals surface area contributed by atoms with E-state index in [0.29, 0.717) is 17.3 Å². The van der Waals surface area contributed by atoms with Gasteiger partial charge in [0.1, 0.15) is 11.6 Å². The molecule has 0 saturated carbocycles. The standard InChI is InChI=1S/C14H16N4O4S/c1-9(13(19)15-10-6-7-23(21,22)8-10)18-14(20)11-4-2-3-5-12(11)16-17-18/h2-5,9-10H,6-8H2,1H3,(H,15,19)/t9-,10+/m1/s1. The molecule has 1 aliphatic rings. The van der Waals surface area contributed by atoms with Crippen LogP contribution in [0.5, 0.6) is 0 Å². The van der Waals surface area contributed by atoms with Gasteiger partial charge in [-0.25, -0.2) is 8.42 Å². The van der Waals surface area contributed by atoms with Crippen molar-refractivity contribution in [1.29, 1.82) is 0 Å². The van der Waals surface area contributed by atoms with Gasteiger partial charge in [0, 0.05) is 6.04 Å². The van der Waals surface area contributed by atoms with Gasteiger partial charge in [-0.15, -0.1) is 5.10 Å². The van der Waals surface area contributed by atoms with Crippen molar-refractivity contribution in [2.75, 3.05) is 11.5 Å². The van der Waals surface area contributed by atoms with Crippen molar-refractivity contribution >= 4 is 26.6 Å². The highest BCUT2D eigenvalue weighted by Gasteiger charge is 2.30. The van der Waals surface area contributed by atoms with Gasteiger partial charge in [0.25, 0.3) is 5.56 Å². The smallest absolute Gasteiger partial charge is 0.278 e. The molecule has 23 heavy (non-hydrogen) atoms. The van der Waals surface area contributed by atoms with E-state index in [-0.39, 0.29) is 11.5 Å². The number of amides is 1. The first-order chi connectivity index (χ1) is 10.9. The van der Waals surface area contributed by atoms with Crippen LogP contribution in [0.1, 0.15) is 19.4 Å². The summed E-state index contributed by atoms with van der Waals surface area (Å²) in [7, 11) is -3.08. The van der Waals surface area contributed by atoms with E-state index in [9.17, 15) is 18.0 Å². The fourth-order valence-corrected chi connectivity index (χ4v) is 4.27. The van der Waals surface area contributed by atoms with Crippen molar-refractivity contribution in [3.8, 4) is 0 Å². The van der Waals surface area contributed by atoms with Gasteiger partial charge in [-0.1, -0.05) is 17.3 Å². The van der Waals surface area contributed by atoms with Crippen molar-refractivity contribution in [2.24, 2.45) is 0 Å². The number of benzene rings is 1. The molecule has 1 fully saturated rings. The van der Waals surface area contributed by atoms with Crippen molar-refractivity contribution in [1.82, 2.24) is 20.3 Å². The highest BCUT2D eigenvalue weighted by molar-refractivity contribution is 7.91. The lowest BCUT2D eigenvalue weighted by Crippen LogP contribution is -2.42. The van der Waals surface area contributed by atoms with Crippen LogP contribution in [-0.4, -0.2) is 46.9 Å². The number of sulfone groups is 1. The maximum absolute atomic E-state index is 12.4. The van der Waals surface area contributed by atoms with Gasteiger partial charge >= 0.3 is 0 Å². The number of nitrogens with one attached hydrogen (secondary N) is 1. The predicted octanol–water partition coefficient (Wildman–Crippen LogP) is -0.344. The molecular formula is C14H16N4O4S. The van der Waals surface area contributed by atoms with Crippen molar-refractivity contribution in [3.05, 3.63) is 34.6 Å². The monoisotopic (exact) mass is 336 g/mol. The molecule has 8 nitrogen and oxygen atoms in total. The zero-order chi connectivity index (χ0) is 16.6. The molecule has 2 atom stereocenters. The molecule has 1 amide bonds. The molecular weight excluding hydrogens is 320 g/mol. The van der Waals surface area contributed by atoms with Gasteiger partial charge in [-0.2, -0.15) is 4.68 Å². The number of nitrogens with zero attached hydrogens (tertiary/aromatic N) is 3. The quantitative estimate of drug-likeness (QED) is 0.820. The van der Waals surface area contributed by atoms with E-state index in [1.807, 2.05) is 0 Å². The third-order valence-electron chi connectivity index (χ3n) is 3.92. The average molecular weight is 336 g/mol. The number of fused-ring (bicyclic) bond motifs is 1. The predicted molar refractivity (Wildman–Crippen MR) is 83.7 cm³/mol. The van der Waals surface area contributed by atoms with Crippen LogP contribution in [0.4, 0.5) is 0 Å². The van der Waals surface area contributed by atoms with Crippen LogP contribution in [0.25, 0.3) is 10.9 Å². The van der Waals surface area contributed by atoms with E-state index < -0.39 is 33.4 Å². The summed E-state index contributed by atoms with van der Waals surface area (Å²) in [4.78, 5) is 24.7. The van der Waals surface area contributed by atoms with Gasteiger partial charge in [0.05, 0.1) is 16.9 Å². The number of carbonyl (C=O) groups excluding carboxylic acids is 1. The molecule has 2 aromatic rings. The van der Waals surface area contributed by atoms with Crippen molar-refractivity contribution in [3.63, 3.8) is 0 Å². The second-order valence-electron chi connectivity index (χ2n) is 5.64. The van der Waals surface area contributed by atoms with Gasteiger partial charge in [0.15, 0.2) is 9.84 Å². The van der Waals surface area contributed by atoms with Gasteiger partial charge < -0.3 is 5.32 Å². The van der Waals surface area contributed by atoms with Crippen LogP contribution in [0.3, 0.4) is 0 Å². The maximum atomic E-state index is 12.4. The fraction of sp³-hybridized carbons (Fsp3) is 0.429. The third-order valence-corrected chi connectivity index (χ3v) is 5.68. The molecule has 0 bridgehead atoms. The molecule has 1 aromatic heterocycles. The highest BCUT2D eigenvalue weighted by Crippen LogP contribution is 2.13. The Morgan fingerprint density at radius 2 is 2.13 bits per heavy atom. The minimum Gasteiger partial charge on any atom is -0.350 e. The summed E-state index contributed by atoms with van der Waals surface area (Å²) >= 11 is 0. The molecule has 3 rings (SSSR count). The largest absolute Gasteiger partial charge is 0.350 e. The SMILES string of the molecule is C[C@H](C(=O)N[C@H]1CCS(=O)(=O)C1)n1nnc2ccccc2c1=O. The van der Waals surface area contributed by atoms with E-state index in [2.05, 4.69) is 15.6 Å². The van der Waals surface area contributed by atoms with Crippen LogP contribution in [0, 0.1) is 0 Å². The van der Waals surface area contributed by atoms with Crippen LogP contribution in [0.15, 0.2) is 29.1 Å². The molecule has 122 valence electrons. The number of hydrogen-bond acceptors (Lipinski definition) is 6. The molecule has 1 aliphatic heterocycles. The Morgan fingerprint density at radius 1 is 1.39 bits per heavy atom. The Morgan fingerprint density at radius 3 is 2.83 bits per heavy atom. The Bertz CT molecular complexity index is 922. The third kappa shape index (κ3) is 3.09. The average Bonchev–Trinajstić information content (AvgIpc) is 2.86. The van der Waals surface area contributed by atoms with Crippen LogP contribution >= 0.6 is 0 Å². The van der Waals surface area contributed by atoms with Crippen LogP contribution < -0.4 is 10.9 Å². The first-order valence-electron chi connectivity index (χ1n) is 7.22. The van der Waals surface area contributed by atoms with E-state index in [1.54, 1.807) is 24.3 Å². The maximum Gasteiger partial charge on any atom is 0.278 e. The van der Waals surface area contributed by atoms with E-state index in [4.69, 9.17) is 0 Å². The number of aromatic nitrogens is 3. The van der Waals surface area contributed by atoms with E-state index >= 15 is 0 Å². The van der Waals surface area contributed by atoms with E-state index in [0.717, 1.165) is 4.68 Å². The summed E-state index contributed by atoms with van der Waals surface area (Å²) in [6.07, 6.45) is 0.388. The van der Waals surface area contributed by atoms with Crippen LogP contribution in [0.2, 0.25) is 0 Å². The Labute approximate surface area is 132 Å². The Balaban J connectivity index is 1.83. The van der Waals surface area contributed by atoms with Crippen molar-refractivity contribution in [2.45, 2.75) is 25.4 Å². The van der Waals surface area contributed by atoms with Gasteiger partial charge in [-0.3, -0.25) is 9.59 Å². The molecule has 1 N–H and O–H groups in total. The lowest BCUT2D eigenvalue weighted by molar-refractivity contribution is -0.124. The van der Waals surface area contributed by atoms with Crippen molar-refractivity contribution < 1.29 is 13.2 Å². The second kappa shape index (κ2) is 5.73. The number of rotatable bonds is 3. The molecule has 9 heteroatoms. The first-order valence-corrected chi connectivity index (χ1v) is 9.04. The van der Waals surface area contributed by atoms with Gasteiger partial charge in [-0.05, 0) is 25.5 Å². The zero-order valence-electron chi connectivity index (χ0n) is 12.5. The summed E-state index contributed by atoms with van der Waals surface area (Å²) in [5, 5.41) is 10.8. The molecule has 2 heterocycles. The molecule has 0 spiro atoms. The summed E-state index contributed by atoms with van der Waals surface area (Å²) in [6.45, 7) is 1.53. The Hall–Kier alpha value is -2.29. The number of carbonyl (C=O) groups is 1. The first kappa shape index (κ1) is 15.6. The van der Waals surface area contributed by atoms with Gasteiger partial charge in [0.2, 0.25) is 5.91 Å². The highest BCUT2D eigenvalue weighted by atomic mass is 32.2. The topological polar surface area (TPSA) is 111 Å². The summed E-state index contributed by atoms with van der Waals surface area (Å²) in [5.41, 5.74) is 0.0561.